The van der Waals surface area contributed by atoms with Crippen LogP contribution in [0.25, 0.3) is 22.2 Å². The minimum atomic E-state index is -0.461. The standard InChI is InChI=1S/C29H27ClFN5O2/c1-3-36(4-2)17-21-11-14-26(37-21)19-9-12-25-22(15-19)29(33-18-32-25)35-34-20-10-13-27(23(30)16-20)38-28-8-6-5-7-24(28)31/h5-16,18,34H,3-4,17H2,1-2H3,(H,32,33,35). The Morgan fingerprint density at radius 1 is 0.921 bits per heavy atom. The second-order valence-corrected chi connectivity index (χ2v) is 9.02. The van der Waals surface area contributed by atoms with Gasteiger partial charge in [0, 0.05) is 10.9 Å². The zero-order valence-electron chi connectivity index (χ0n) is 21.0. The van der Waals surface area contributed by atoms with Crippen LogP contribution in [-0.2, 0) is 6.54 Å². The molecule has 0 radical (unpaired) electrons. The van der Waals surface area contributed by atoms with Crippen LogP contribution in [0.4, 0.5) is 15.9 Å². The van der Waals surface area contributed by atoms with Gasteiger partial charge in [-0.1, -0.05) is 37.6 Å². The summed E-state index contributed by atoms with van der Waals surface area (Å²) in [6.45, 7) is 6.98. The Morgan fingerprint density at radius 2 is 1.76 bits per heavy atom. The maximum atomic E-state index is 13.9. The van der Waals surface area contributed by atoms with E-state index >= 15 is 0 Å². The molecule has 0 aliphatic carbocycles. The van der Waals surface area contributed by atoms with Gasteiger partial charge in [0.2, 0.25) is 0 Å². The molecule has 5 rings (SSSR count). The molecule has 194 valence electrons. The van der Waals surface area contributed by atoms with Crippen molar-refractivity contribution in [2.24, 2.45) is 0 Å². The summed E-state index contributed by atoms with van der Waals surface area (Å²) in [5.41, 5.74) is 8.64. The van der Waals surface area contributed by atoms with Crippen molar-refractivity contribution in [3.63, 3.8) is 0 Å². The van der Waals surface area contributed by atoms with Crippen molar-refractivity contribution in [1.82, 2.24) is 14.9 Å². The van der Waals surface area contributed by atoms with Crippen molar-refractivity contribution in [3.8, 4) is 22.8 Å². The van der Waals surface area contributed by atoms with E-state index in [-0.39, 0.29) is 5.75 Å². The lowest BCUT2D eigenvalue weighted by atomic mass is 10.1. The third-order valence-electron chi connectivity index (χ3n) is 6.17. The normalized spacial score (nSPS) is 11.2. The van der Waals surface area contributed by atoms with Gasteiger partial charge in [-0.15, -0.1) is 0 Å². The molecule has 0 atom stereocenters. The summed E-state index contributed by atoms with van der Waals surface area (Å²) < 4.78 is 25.7. The number of fused-ring (bicyclic) bond motifs is 1. The lowest BCUT2D eigenvalue weighted by Crippen LogP contribution is -2.21. The average molecular weight is 532 g/mol. The van der Waals surface area contributed by atoms with Crippen molar-refractivity contribution in [3.05, 3.63) is 95.7 Å². The van der Waals surface area contributed by atoms with Gasteiger partial charge in [-0.05, 0) is 73.8 Å². The summed E-state index contributed by atoms with van der Waals surface area (Å²) >= 11 is 6.39. The van der Waals surface area contributed by atoms with E-state index in [1.54, 1.807) is 36.4 Å². The number of nitrogens with one attached hydrogen (secondary N) is 2. The molecular formula is C29H27ClFN5O2. The summed E-state index contributed by atoms with van der Waals surface area (Å²) in [6, 6.07) is 21.2. The van der Waals surface area contributed by atoms with Crippen LogP contribution >= 0.6 is 11.6 Å². The Labute approximate surface area is 225 Å². The fraction of sp³-hybridized carbons (Fsp3) is 0.172. The number of hydrogen-bond donors (Lipinski definition) is 2. The smallest absolute Gasteiger partial charge is 0.165 e. The van der Waals surface area contributed by atoms with Gasteiger partial charge in [-0.3, -0.25) is 15.8 Å². The van der Waals surface area contributed by atoms with E-state index in [0.29, 0.717) is 22.3 Å². The minimum Gasteiger partial charge on any atom is -0.460 e. The van der Waals surface area contributed by atoms with Gasteiger partial charge in [0.1, 0.15) is 23.6 Å². The first-order valence-electron chi connectivity index (χ1n) is 12.3. The maximum absolute atomic E-state index is 13.9. The van der Waals surface area contributed by atoms with Gasteiger partial charge in [0.25, 0.3) is 0 Å². The minimum absolute atomic E-state index is 0.105. The number of aromatic nitrogens is 2. The van der Waals surface area contributed by atoms with E-state index in [9.17, 15) is 4.39 Å². The third-order valence-corrected chi connectivity index (χ3v) is 6.46. The highest BCUT2D eigenvalue weighted by Gasteiger charge is 2.12. The van der Waals surface area contributed by atoms with Gasteiger partial charge in [-0.25, -0.2) is 14.4 Å². The molecule has 0 aliphatic heterocycles. The molecule has 9 heteroatoms. The largest absolute Gasteiger partial charge is 0.460 e. The van der Waals surface area contributed by atoms with E-state index < -0.39 is 5.82 Å². The zero-order chi connectivity index (χ0) is 26.5. The Hall–Kier alpha value is -4.14. The van der Waals surface area contributed by atoms with E-state index in [1.165, 1.54) is 12.4 Å². The number of benzene rings is 3. The maximum Gasteiger partial charge on any atom is 0.165 e. The lowest BCUT2D eigenvalue weighted by Gasteiger charge is -2.15. The highest BCUT2D eigenvalue weighted by Crippen LogP contribution is 2.33. The molecule has 3 aromatic carbocycles. The fourth-order valence-corrected chi connectivity index (χ4v) is 4.25. The van der Waals surface area contributed by atoms with E-state index in [1.807, 2.05) is 30.3 Å². The quantitative estimate of drug-likeness (QED) is 0.178. The van der Waals surface area contributed by atoms with Crippen LogP contribution in [0.1, 0.15) is 19.6 Å². The van der Waals surface area contributed by atoms with Crippen molar-refractivity contribution < 1.29 is 13.5 Å². The summed E-state index contributed by atoms with van der Waals surface area (Å²) in [5, 5.41) is 1.15. The molecule has 0 saturated heterocycles. The van der Waals surface area contributed by atoms with Crippen molar-refractivity contribution in [2.45, 2.75) is 20.4 Å². The number of furan rings is 1. The van der Waals surface area contributed by atoms with Crippen LogP contribution in [0.15, 0.2) is 83.5 Å². The lowest BCUT2D eigenvalue weighted by molar-refractivity contribution is 0.270. The molecule has 0 spiro atoms. The first-order valence-corrected chi connectivity index (χ1v) is 12.7. The molecule has 5 aromatic rings. The first-order chi connectivity index (χ1) is 18.5. The average Bonchev–Trinajstić information content (AvgIpc) is 3.41. The molecule has 0 unspecified atom stereocenters. The number of hydrazine groups is 1. The molecule has 0 amide bonds. The number of anilines is 2. The molecule has 0 bridgehead atoms. The van der Waals surface area contributed by atoms with Crippen molar-refractivity contribution in [2.75, 3.05) is 23.9 Å². The topological polar surface area (TPSA) is 75.5 Å². The Kier molecular flexibility index (Phi) is 7.72. The fourth-order valence-electron chi connectivity index (χ4n) is 4.03. The Bertz CT molecular complexity index is 1550. The summed E-state index contributed by atoms with van der Waals surface area (Å²) in [6.07, 6.45) is 1.50. The number of rotatable bonds is 10. The Morgan fingerprint density at radius 3 is 2.55 bits per heavy atom. The molecule has 38 heavy (non-hydrogen) atoms. The van der Waals surface area contributed by atoms with Gasteiger partial charge < -0.3 is 9.15 Å². The SMILES string of the molecule is CCN(CC)Cc1ccc(-c2ccc3ncnc(NNc4ccc(Oc5ccccc5F)c(Cl)c4)c3c2)o1. The second kappa shape index (κ2) is 11.5. The molecule has 2 aromatic heterocycles. The molecule has 2 heterocycles. The molecular weight excluding hydrogens is 505 g/mol. The highest BCUT2D eigenvalue weighted by atomic mass is 35.5. The molecule has 0 fully saturated rings. The highest BCUT2D eigenvalue weighted by molar-refractivity contribution is 6.32. The Balaban J connectivity index is 1.32. The molecule has 2 N–H and O–H groups in total. The van der Waals surface area contributed by atoms with Gasteiger partial charge in [-0.2, -0.15) is 0 Å². The number of ether oxygens (including phenoxy) is 1. The molecule has 7 nitrogen and oxygen atoms in total. The molecule has 0 saturated carbocycles. The van der Waals surface area contributed by atoms with Gasteiger partial charge in [0.05, 0.1) is 22.8 Å². The predicted molar refractivity (Wildman–Crippen MR) is 149 cm³/mol. The predicted octanol–water partition coefficient (Wildman–Crippen LogP) is 7.76. The van der Waals surface area contributed by atoms with Crippen molar-refractivity contribution in [1.29, 1.82) is 0 Å². The second-order valence-electron chi connectivity index (χ2n) is 8.61. The summed E-state index contributed by atoms with van der Waals surface area (Å²) in [7, 11) is 0. The van der Waals surface area contributed by atoms with Crippen LogP contribution < -0.4 is 15.6 Å². The third kappa shape index (κ3) is 5.72. The van der Waals surface area contributed by atoms with Crippen LogP contribution in [0.3, 0.4) is 0 Å². The van der Waals surface area contributed by atoms with Crippen LogP contribution in [0, 0.1) is 5.82 Å². The van der Waals surface area contributed by atoms with Crippen molar-refractivity contribution >= 4 is 34.0 Å². The van der Waals surface area contributed by atoms with Crippen LogP contribution in [0.2, 0.25) is 5.02 Å². The van der Waals surface area contributed by atoms with E-state index in [2.05, 4.69) is 39.6 Å². The summed E-state index contributed by atoms with van der Waals surface area (Å²) in [4.78, 5) is 11.1. The van der Waals surface area contributed by atoms with E-state index in [0.717, 1.165) is 47.6 Å². The molecule has 0 aliphatic rings. The van der Waals surface area contributed by atoms with Crippen LogP contribution in [0.5, 0.6) is 11.5 Å². The van der Waals surface area contributed by atoms with Gasteiger partial charge >= 0.3 is 0 Å². The zero-order valence-corrected chi connectivity index (χ0v) is 21.8. The number of nitrogens with zero attached hydrogens (tertiary/aromatic N) is 3. The first kappa shape index (κ1) is 25.5. The van der Waals surface area contributed by atoms with Crippen LogP contribution in [-0.4, -0.2) is 28.0 Å². The number of halogens is 2. The monoisotopic (exact) mass is 531 g/mol. The number of hydrogen-bond acceptors (Lipinski definition) is 7. The summed E-state index contributed by atoms with van der Waals surface area (Å²) in [5.74, 6) is 2.29. The van der Waals surface area contributed by atoms with E-state index in [4.69, 9.17) is 20.8 Å². The number of para-hydroxylation sites is 1. The van der Waals surface area contributed by atoms with Gasteiger partial charge in [0.15, 0.2) is 17.4 Å².